The average Bonchev–Trinajstić information content (AvgIpc) is 3.05. The Hall–Kier alpha value is -1.34. The summed E-state index contributed by atoms with van der Waals surface area (Å²) in [5, 5.41) is 6.08. The van der Waals surface area contributed by atoms with Crippen molar-refractivity contribution in [1.29, 1.82) is 0 Å². The highest BCUT2D eigenvalue weighted by Gasteiger charge is 2.52. The summed E-state index contributed by atoms with van der Waals surface area (Å²) >= 11 is 0. The third-order valence-electron chi connectivity index (χ3n) is 5.07. The summed E-state index contributed by atoms with van der Waals surface area (Å²) in [7, 11) is 0. The highest BCUT2D eigenvalue weighted by molar-refractivity contribution is 6.07. The van der Waals surface area contributed by atoms with Crippen molar-refractivity contribution in [3.63, 3.8) is 0 Å². The molecule has 0 unspecified atom stereocenters. The molecule has 2 N–H and O–H groups in total. The first-order valence-electron chi connectivity index (χ1n) is 8.18. The Bertz CT molecular complexity index is 493. The average molecular weight is 345 g/mol. The van der Waals surface area contributed by atoms with E-state index in [0.717, 1.165) is 38.8 Å². The van der Waals surface area contributed by atoms with Crippen LogP contribution in [0.5, 0.6) is 0 Å². The van der Waals surface area contributed by atoms with E-state index in [-0.39, 0.29) is 49.3 Å². The van der Waals surface area contributed by atoms with Crippen LogP contribution in [0, 0.1) is 0 Å². The van der Waals surface area contributed by atoms with Crippen LogP contribution in [0.1, 0.15) is 39.0 Å². The number of amides is 4. The summed E-state index contributed by atoms with van der Waals surface area (Å²) in [6.07, 6.45) is 3.58. The third kappa shape index (κ3) is 3.30. The van der Waals surface area contributed by atoms with Crippen LogP contribution >= 0.6 is 12.4 Å². The second-order valence-corrected chi connectivity index (χ2v) is 6.57. The Kier molecular flexibility index (Phi) is 5.52. The van der Waals surface area contributed by atoms with Gasteiger partial charge < -0.3 is 15.5 Å². The van der Waals surface area contributed by atoms with E-state index in [1.165, 1.54) is 4.90 Å². The van der Waals surface area contributed by atoms with Crippen LogP contribution in [0.3, 0.4) is 0 Å². The van der Waals surface area contributed by atoms with Crippen LogP contribution in [0.15, 0.2) is 0 Å². The predicted molar refractivity (Wildman–Crippen MR) is 87.4 cm³/mol. The lowest BCUT2D eigenvalue weighted by atomic mass is 9.98. The quantitative estimate of drug-likeness (QED) is 0.730. The van der Waals surface area contributed by atoms with Crippen LogP contribution in [0.4, 0.5) is 4.79 Å². The lowest BCUT2D eigenvalue weighted by Gasteiger charge is -2.34. The Labute approximate surface area is 142 Å². The van der Waals surface area contributed by atoms with Crippen molar-refractivity contribution in [3.8, 4) is 0 Å². The minimum atomic E-state index is -0.678. The molecule has 0 aromatic heterocycles. The number of halogens is 1. The molecule has 8 heteroatoms. The number of urea groups is 1. The van der Waals surface area contributed by atoms with Gasteiger partial charge in [0.15, 0.2) is 0 Å². The van der Waals surface area contributed by atoms with E-state index in [2.05, 4.69) is 10.6 Å². The predicted octanol–water partition coefficient (Wildman–Crippen LogP) is 0.483. The molecule has 23 heavy (non-hydrogen) atoms. The molecule has 0 bridgehead atoms. The first-order valence-corrected chi connectivity index (χ1v) is 8.18. The van der Waals surface area contributed by atoms with Crippen LogP contribution in [0.25, 0.3) is 0 Å². The van der Waals surface area contributed by atoms with Crippen LogP contribution < -0.4 is 10.6 Å². The molecule has 2 aliphatic heterocycles. The SMILES string of the molecule is C[C@H]1CNCCN1C(=O)CCN1C(=O)NC2(CCCC2)C1=O.Cl. The van der Waals surface area contributed by atoms with Crippen molar-refractivity contribution in [3.05, 3.63) is 0 Å². The topological polar surface area (TPSA) is 81.8 Å². The molecule has 7 nitrogen and oxygen atoms in total. The molecule has 2 saturated heterocycles. The fraction of sp³-hybridized carbons (Fsp3) is 0.800. The van der Waals surface area contributed by atoms with Crippen molar-refractivity contribution in [2.75, 3.05) is 26.2 Å². The van der Waals surface area contributed by atoms with E-state index in [1.54, 1.807) is 0 Å². The number of nitrogens with one attached hydrogen (secondary N) is 2. The van der Waals surface area contributed by atoms with Gasteiger partial charge in [0.25, 0.3) is 5.91 Å². The van der Waals surface area contributed by atoms with Crippen LogP contribution in [-0.4, -0.2) is 65.4 Å². The minimum Gasteiger partial charge on any atom is -0.337 e. The number of carbonyl (C=O) groups is 3. The zero-order valence-electron chi connectivity index (χ0n) is 13.5. The van der Waals surface area contributed by atoms with Gasteiger partial charge in [0.05, 0.1) is 0 Å². The smallest absolute Gasteiger partial charge is 0.325 e. The molecule has 1 atom stereocenters. The summed E-state index contributed by atoms with van der Waals surface area (Å²) in [4.78, 5) is 39.9. The maximum atomic E-state index is 12.5. The van der Waals surface area contributed by atoms with Gasteiger partial charge in [-0.25, -0.2) is 4.79 Å². The Morgan fingerprint density at radius 3 is 2.65 bits per heavy atom. The fourth-order valence-electron chi connectivity index (χ4n) is 3.76. The monoisotopic (exact) mass is 344 g/mol. The van der Waals surface area contributed by atoms with Gasteiger partial charge in [-0.15, -0.1) is 12.4 Å². The molecular weight excluding hydrogens is 320 g/mol. The fourth-order valence-corrected chi connectivity index (χ4v) is 3.76. The van der Waals surface area contributed by atoms with Crippen LogP contribution in [0.2, 0.25) is 0 Å². The van der Waals surface area contributed by atoms with E-state index in [0.29, 0.717) is 6.54 Å². The molecule has 0 aromatic rings. The van der Waals surface area contributed by atoms with E-state index in [4.69, 9.17) is 0 Å². The summed E-state index contributed by atoms with van der Waals surface area (Å²) in [5.41, 5.74) is -0.678. The summed E-state index contributed by atoms with van der Waals surface area (Å²) in [5.74, 6) is -0.127. The molecule has 130 valence electrons. The maximum Gasteiger partial charge on any atom is 0.325 e. The molecular formula is C15H25ClN4O3. The Morgan fingerprint density at radius 2 is 2.00 bits per heavy atom. The largest absolute Gasteiger partial charge is 0.337 e. The third-order valence-corrected chi connectivity index (χ3v) is 5.07. The zero-order chi connectivity index (χ0) is 15.7. The number of hydrogen-bond donors (Lipinski definition) is 2. The second kappa shape index (κ2) is 7.05. The number of hydrogen-bond acceptors (Lipinski definition) is 4. The van der Waals surface area contributed by atoms with Gasteiger partial charge in [0.2, 0.25) is 5.91 Å². The molecule has 1 aliphatic carbocycles. The van der Waals surface area contributed by atoms with Gasteiger partial charge in [-0.1, -0.05) is 12.8 Å². The van der Waals surface area contributed by atoms with Crippen molar-refractivity contribution in [2.24, 2.45) is 0 Å². The van der Waals surface area contributed by atoms with Crippen LogP contribution in [-0.2, 0) is 9.59 Å². The molecule has 2 heterocycles. The number of rotatable bonds is 3. The first-order chi connectivity index (χ1) is 10.5. The van der Waals surface area contributed by atoms with Gasteiger partial charge in [-0.2, -0.15) is 0 Å². The Morgan fingerprint density at radius 1 is 1.30 bits per heavy atom. The highest BCUT2D eigenvalue weighted by Crippen LogP contribution is 2.35. The number of piperazine rings is 1. The van der Waals surface area contributed by atoms with Crippen molar-refractivity contribution < 1.29 is 14.4 Å². The van der Waals surface area contributed by atoms with Gasteiger partial charge in [0.1, 0.15) is 5.54 Å². The lowest BCUT2D eigenvalue weighted by molar-refractivity contribution is -0.135. The summed E-state index contributed by atoms with van der Waals surface area (Å²) < 4.78 is 0. The van der Waals surface area contributed by atoms with Gasteiger partial charge in [-0.05, 0) is 19.8 Å². The van der Waals surface area contributed by atoms with Gasteiger partial charge in [0, 0.05) is 38.6 Å². The second-order valence-electron chi connectivity index (χ2n) is 6.57. The molecule has 0 radical (unpaired) electrons. The first kappa shape index (κ1) is 18.0. The molecule has 3 aliphatic rings. The van der Waals surface area contributed by atoms with Crippen molar-refractivity contribution in [1.82, 2.24) is 20.4 Å². The summed E-state index contributed by atoms with van der Waals surface area (Å²) in [6.45, 7) is 4.46. The van der Waals surface area contributed by atoms with E-state index >= 15 is 0 Å². The van der Waals surface area contributed by atoms with E-state index < -0.39 is 5.54 Å². The molecule has 0 aromatic carbocycles. The number of carbonyl (C=O) groups excluding carboxylic acids is 3. The molecule has 1 saturated carbocycles. The van der Waals surface area contributed by atoms with Gasteiger partial charge in [-0.3, -0.25) is 14.5 Å². The van der Waals surface area contributed by atoms with Crippen molar-refractivity contribution >= 4 is 30.3 Å². The number of imide groups is 1. The Balaban J connectivity index is 0.00000192. The lowest BCUT2D eigenvalue weighted by Crippen LogP contribution is -2.52. The molecule has 1 spiro atoms. The van der Waals surface area contributed by atoms with Crippen molar-refractivity contribution in [2.45, 2.75) is 50.6 Å². The maximum absolute atomic E-state index is 12.5. The normalized spacial score (nSPS) is 26.4. The standard InChI is InChI=1S/C15H24N4O3.ClH/c1-11-10-16-7-9-18(11)12(20)4-8-19-13(21)15(17-14(19)22)5-2-3-6-15;/h11,16H,2-10H2,1H3,(H,17,22);1H/t11-;/m0./s1. The van der Waals surface area contributed by atoms with E-state index in [9.17, 15) is 14.4 Å². The summed E-state index contributed by atoms with van der Waals surface area (Å²) in [6, 6.07) is -0.182. The zero-order valence-corrected chi connectivity index (χ0v) is 14.3. The highest BCUT2D eigenvalue weighted by atomic mass is 35.5. The number of nitrogens with zero attached hydrogens (tertiary/aromatic N) is 2. The van der Waals surface area contributed by atoms with Gasteiger partial charge >= 0.3 is 6.03 Å². The molecule has 3 fully saturated rings. The molecule has 4 amide bonds. The van der Waals surface area contributed by atoms with E-state index in [1.807, 2.05) is 11.8 Å². The minimum absolute atomic E-state index is 0. The molecule has 3 rings (SSSR count).